The van der Waals surface area contributed by atoms with Crippen LogP contribution in [0, 0.1) is 13.8 Å². The van der Waals surface area contributed by atoms with E-state index in [9.17, 15) is 4.79 Å². The molecule has 2 heterocycles. The summed E-state index contributed by atoms with van der Waals surface area (Å²) in [7, 11) is 1.65. The van der Waals surface area contributed by atoms with E-state index < -0.39 is 5.97 Å². The fraction of sp³-hybridized carbons (Fsp3) is 0.250. The lowest BCUT2D eigenvalue weighted by Gasteiger charge is -2.09. The van der Waals surface area contributed by atoms with Crippen LogP contribution in [0.25, 0.3) is 16.2 Å². The third kappa shape index (κ3) is 2.57. The number of hydrogen-bond acceptors (Lipinski definition) is 4. The highest BCUT2D eigenvalue weighted by Crippen LogP contribution is 2.33. The monoisotopic (exact) mass is 316 g/mol. The topological polar surface area (TPSA) is 63.8 Å². The minimum Gasteiger partial charge on any atom is -0.496 e. The van der Waals surface area contributed by atoms with Gasteiger partial charge in [-0.15, -0.1) is 11.3 Å². The maximum Gasteiger partial charge on any atom is 0.308 e. The number of aryl methyl sites for hydroxylation is 2. The molecular formula is C16H16N2O3S. The molecule has 0 atom stereocenters. The zero-order valence-electron chi connectivity index (χ0n) is 12.6. The van der Waals surface area contributed by atoms with Crippen molar-refractivity contribution in [2.45, 2.75) is 20.3 Å². The van der Waals surface area contributed by atoms with Gasteiger partial charge in [0.05, 0.1) is 19.2 Å². The molecule has 2 aromatic heterocycles. The highest BCUT2D eigenvalue weighted by Gasteiger charge is 2.14. The van der Waals surface area contributed by atoms with E-state index >= 15 is 0 Å². The normalized spacial score (nSPS) is 11.0. The van der Waals surface area contributed by atoms with Gasteiger partial charge in [0, 0.05) is 22.8 Å². The molecule has 6 heteroatoms. The quantitative estimate of drug-likeness (QED) is 0.802. The first-order valence-electron chi connectivity index (χ1n) is 6.82. The minimum atomic E-state index is -0.833. The van der Waals surface area contributed by atoms with Crippen LogP contribution in [0.2, 0.25) is 0 Å². The van der Waals surface area contributed by atoms with Crippen molar-refractivity contribution in [2.75, 3.05) is 7.11 Å². The first kappa shape index (κ1) is 14.6. The van der Waals surface area contributed by atoms with Gasteiger partial charge in [-0.25, -0.2) is 4.98 Å². The van der Waals surface area contributed by atoms with Crippen LogP contribution >= 0.6 is 11.3 Å². The van der Waals surface area contributed by atoms with Gasteiger partial charge in [0.15, 0.2) is 4.96 Å². The summed E-state index contributed by atoms with van der Waals surface area (Å²) in [6.45, 7) is 4.10. The molecule has 0 saturated heterocycles. The number of carboxylic acid groups (broad SMARTS) is 1. The van der Waals surface area contributed by atoms with Crippen LogP contribution in [0.3, 0.4) is 0 Å². The number of thiazole rings is 1. The Labute approximate surface area is 131 Å². The number of benzene rings is 1. The maximum absolute atomic E-state index is 10.8. The van der Waals surface area contributed by atoms with Crippen molar-refractivity contribution in [3.63, 3.8) is 0 Å². The van der Waals surface area contributed by atoms with Crippen molar-refractivity contribution in [1.82, 2.24) is 9.38 Å². The molecule has 0 spiro atoms. The third-order valence-corrected chi connectivity index (χ3v) is 4.62. The van der Waals surface area contributed by atoms with Gasteiger partial charge >= 0.3 is 5.97 Å². The van der Waals surface area contributed by atoms with Crippen molar-refractivity contribution < 1.29 is 14.6 Å². The Kier molecular flexibility index (Phi) is 3.62. The summed E-state index contributed by atoms with van der Waals surface area (Å²) in [6, 6.07) is 4.08. The highest BCUT2D eigenvalue weighted by molar-refractivity contribution is 7.17. The van der Waals surface area contributed by atoms with E-state index in [1.54, 1.807) is 7.11 Å². The Morgan fingerprint density at radius 2 is 2.05 bits per heavy atom. The van der Waals surface area contributed by atoms with Crippen LogP contribution in [-0.4, -0.2) is 27.6 Å². The van der Waals surface area contributed by atoms with E-state index in [-0.39, 0.29) is 6.42 Å². The lowest BCUT2D eigenvalue weighted by atomic mass is 10.0. The van der Waals surface area contributed by atoms with E-state index in [2.05, 4.69) is 18.0 Å². The average Bonchev–Trinajstić information content (AvgIpc) is 2.98. The summed E-state index contributed by atoms with van der Waals surface area (Å²) in [4.78, 5) is 16.9. The van der Waals surface area contributed by atoms with E-state index in [0.29, 0.717) is 0 Å². The fourth-order valence-corrected chi connectivity index (χ4v) is 3.31. The van der Waals surface area contributed by atoms with Crippen molar-refractivity contribution in [3.8, 4) is 17.0 Å². The highest BCUT2D eigenvalue weighted by atomic mass is 32.1. The predicted octanol–water partition coefficient (Wildman–Crippen LogP) is 3.32. The summed E-state index contributed by atoms with van der Waals surface area (Å²) < 4.78 is 7.33. The molecule has 0 fully saturated rings. The standard InChI is InChI=1S/C16H16N2O3S/c1-9-4-12(14(21-3)5-10(9)2)13-8-18-7-11(6-15(19)20)22-16(18)17-13/h4-5,7-8H,6H2,1-3H3,(H,19,20). The summed E-state index contributed by atoms with van der Waals surface area (Å²) in [6.07, 6.45) is 3.75. The number of fused-ring (bicyclic) bond motifs is 1. The minimum absolute atomic E-state index is 0.0241. The molecule has 3 aromatic rings. The molecule has 22 heavy (non-hydrogen) atoms. The zero-order chi connectivity index (χ0) is 15.9. The molecular weight excluding hydrogens is 300 g/mol. The van der Waals surface area contributed by atoms with Gasteiger partial charge in [-0.05, 0) is 37.1 Å². The summed E-state index contributed by atoms with van der Waals surface area (Å²) in [5.41, 5.74) is 4.12. The molecule has 0 aliphatic carbocycles. The number of imidazole rings is 1. The third-order valence-electron chi connectivity index (χ3n) is 3.62. The van der Waals surface area contributed by atoms with Gasteiger partial charge in [-0.3, -0.25) is 9.20 Å². The number of carboxylic acids is 1. The molecule has 3 rings (SSSR count). The molecule has 0 saturated carbocycles. The van der Waals surface area contributed by atoms with E-state index in [1.165, 1.54) is 22.5 Å². The van der Waals surface area contributed by atoms with Crippen molar-refractivity contribution in [2.24, 2.45) is 0 Å². The second-order valence-corrected chi connectivity index (χ2v) is 6.31. The Bertz CT molecular complexity index is 832. The molecule has 0 bridgehead atoms. The number of carbonyl (C=O) groups is 1. The van der Waals surface area contributed by atoms with E-state index in [4.69, 9.17) is 9.84 Å². The first-order chi connectivity index (χ1) is 10.5. The van der Waals surface area contributed by atoms with Gasteiger partial charge in [0.1, 0.15) is 5.75 Å². The van der Waals surface area contributed by atoms with Gasteiger partial charge in [-0.1, -0.05) is 0 Å². The van der Waals surface area contributed by atoms with Crippen LogP contribution in [0.15, 0.2) is 24.5 Å². The second-order valence-electron chi connectivity index (χ2n) is 5.22. The Hall–Kier alpha value is -2.34. The van der Waals surface area contributed by atoms with E-state index in [1.807, 2.05) is 29.8 Å². The molecule has 1 aromatic carbocycles. The number of hydrogen-bond donors (Lipinski definition) is 1. The molecule has 0 aliphatic rings. The average molecular weight is 316 g/mol. The molecule has 0 aliphatic heterocycles. The lowest BCUT2D eigenvalue weighted by molar-refractivity contribution is -0.136. The number of aliphatic carboxylic acids is 1. The Morgan fingerprint density at radius 1 is 1.32 bits per heavy atom. The van der Waals surface area contributed by atoms with Gasteiger partial charge in [0.25, 0.3) is 0 Å². The molecule has 114 valence electrons. The molecule has 0 unspecified atom stereocenters. The van der Waals surface area contributed by atoms with Crippen LogP contribution in [0.5, 0.6) is 5.75 Å². The number of rotatable bonds is 4. The second kappa shape index (κ2) is 5.46. The Balaban J connectivity index is 2.05. The SMILES string of the molecule is COc1cc(C)c(C)cc1-c1cn2cc(CC(=O)O)sc2n1. The fourth-order valence-electron chi connectivity index (χ4n) is 2.36. The summed E-state index contributed by atoms with van der Waals surface area (Å²) in [5.74, 6) is -0.0415. The van der Waals surface area contributed by atoms with Crippen LogP contribution in [0.1, 0.15) is 16.0 Å². The largest absolute Gasteiger partial charge is 0.496 e. The van der Waals surface area contributed by atoms with Crippen molar-refractivity contribution >= 4 is 22.3 Å². The summed E-state index contributed by atoms with van der Waals surface area (Å²) in [5, 5.41) is 8.85. The van der Waals surface area contributed by atoms with E-state index in [0.717, 1.165) is 26.8 Å². The maximum atomic E-state index is 10.8. The zero-order valence-corrected chi connectivity index (χ0v) is 13.4. The van der Waals surface area contributed by atoms with Crippen LogP contribution in [-0.2, 0) is 11.2 Å². The van der Waals surface area contributed by atoms with Gasteiger partial charge in [0.2, 0.25) is 0 Å². The predicted molar refractivity (Wildman–Crippen MR) is 85.9 cm³/mol. The number of methoxy groups -OCH3 is 1. The van der Waals surface area contributed by atoms with Crippen LogP contribution < -0.4 is 4.74 Å². The van der Waals surface area contributed by atoms with Gasteiger partial charge in [-0.2, -0.15) is 0 Å². The van der Waals surface area contributed by atoms with Crippen molar-refractivity contribution in [3.05, 3.63) is 40.5 Å². The van der Waals surface area contributed by atoms with Crippen LogP contribution in [0.4, 0.5) is 0 Å². The lowest BCUT2D eigenvalue weighted by Crippen LogP contribution is -1.97. The number of ether oxygens (including phenoxy) is 1. The molecule has 0 radical (unpaired) electrons. The first-order valence-corrected chi connectivity index (χ1v) is 7.64. The number of nitrogens with zero attached hydrogens (tertiary/aromatic N) is 2. The molecule has 0 amide bonds. The molecule has 1 N–H and O–H groups in total. The Morgan fingerprint density at radius 3 is 2.68 bits per heavy atom. The number of aromatic nitrogens is 2. The van der Waals surface area contributed by atoms with Gasteiger partial charge < -0.3 is 9.84 Å². The molecule has 5 nitrogen and oxygen atoms in total. The summed E-state index contributed by atoms with van der Waals surface area (Å²) >= 11 is 1.39. The van der Waals surface area contributed by atoms with Crippen molar-refractivity contribution in [1.29, 1.82) is 0 Å². The smallest absolute Gasteiger partial charge is 0.308 e.